The molecule has 1 N–H and O–H groups in total. The van der Waals surface area contributed by atoms with Crippen LogP contribution in [0.3, 0.4) is 0 Å². The Balaban J connectivity index is 2.70. The lowest BCUT2D eigenvalue weighted by Crippen LogP contribution is -2.35. The zero-order valence-corrected chi connectivity index (χ0v) is 14.2. The Kier molecular flexibility index (Phi) is 7.30. The predicted octanol–water partition coefficient (Wildman–Crippen LogP) is 0.304. The van der Waals surface area contributed by atoms with Crippen molar-refractivity contribution in [1.82, 2.24) is 24.3 Å². The van der Waals surface area contributed by atoms with E-state index in [0.29, 0.717) is 13.1 Å². The normalized spacial score (nSPS) is 12.7. The Hall–Kier alpha value is -0.960. The highest BCUT2D eigenvalue weighted by Crippen LogP contribution is 2.14. The van der Waals surface area contributed by atoms with E-state index in [1.165, 1.54) is 12.4 Å². The molecule has 0 fully saturated rings. The summed E-state index contributed by atoms with van der Waals surface area (Å²) in [6.45, 7) is 2.79. The van der Waals surface area contributed by atoms with Gasteiger partial charge in [0.2, 0.25) is 10.0 Å². The van der Waals surface area contributed by atoms with E-state index in [2.05, 4.69) is 20.0 Å². The highest BCUT2D eigenvalue weighted by molar-refractivity contribution is 7.89. The van der Waals surface area contributed by atoms with Gasteiger partial charge in [-0.1, -0.05) is 0 Å². The van der Waals surface area contributed by atoms with E-state index in [0.717, 1.165) is 25.9 Å². The van der Waals surface area contributed by atoms with E-state index in [1.54, 1.807) is 4.31 Å². The van der Waals surface area contributed by atoms with Crippen molar-refractivity contribution in [3.05, 3.63) is 12.4 Å². The van der Waals surface area contributed by atoms with E-state index in [4.69, 9.17) is 0 Å². The highest BCUT2D eigenvalue weighted by Gasteiger charge is 2.24. The van der Waals surface area contributed by atoms with Gasteiger partial charge in [-0.3, -0.25) is 5.10 Å². The van der Waals surface area contributed by atoms with Crippen molar-refractivity contribution in [2.75, 3.05) is 54.4 Å². The summed E-state index contributed by atoms with van der Waals surface area (Å²) in [6.07, 6.45) is 4.42. The number of hydrogen-bond acceptors (Lipinski definition) is 5. The number of aromatic amines is 1. The number of H-pyrrole nitrogens is 1. The van der Waals surface area contributed by atoms with Gasteiger partial charge in [0.1, 0.15) is 4.90 Å². The number of nitrogens with one attached hydrogen (secondary N) is 1. The maximum atomic E-state index is 12.6. The van der Waals surface area contributed by atoms with E-state index in [1.807, 2.05) is 28.2 Å². The molecule has 1 aromatic heterocycles. The molecule has 1 heterocycles. The minimum atomic E-state index is -3.45. The van der Waals surface area contributed by atoms with Crippen molar-refractivity contribution in [2.45, 2.75) is 17.7 Å². The molecule has 0 bridgehead atoms. The summed E-state index contributed by atoms with van der Waals surface area (Å²) < 4.78 is 26.7. The Bertz CT molecular complexity index is 471. The van der Waals surface area contributed by atoms with Crippen molar-refractivity contribution in [3.8, 4) is 0 Å². The topological polar surface area (TPSA) is 72.5 Å². The number of aromatic nitrogens is 2. The maximum absolute atomic E-state index is 12.6. The molecule has 0 spiro atoms. The molecule has 1 rings (SSSR count). The number of rotatable bonds is 10. The first-order valence-corrected chi connectivity index (χ1v) is 8.56. The average Bonchev–Trinajstić information content (AvgIpc) is 2.90. The molecular formula is C13H27N5O2S. The summed E-state index contributed by atoms with van der Waals surface area (Å²) in [5.41, 5.74) is 0. The van der Waals surface area contributed by atoms with Crippen molar-refractivity contribution in [2.24, 2.45) is 0 Å². The summed E-state index contributed by atoms with van der Waals surface area (Å²) in [5.74, 6) is 0. The lowest BCUT2D eigenvalue weighted by Gasteiger charge is -2.23. The Morgan fingerprint density at radius 1 is 1.00 bits per heavy atom. The molecule has 0 saturated heterocycles. The molecule has 122 valence electrons. The lowest BCUT2D eigenvalue weighted by atomic mass is 10.3. The van der Waals surface area contributed by atoms with Crippen LogP contribution in [-0.2, 0) is 10.0 Å². The van der Waals surface area contributed by atoms with Gasteiger partial charge in [-0.2, -0.15) is 9.40 Å². The van der Waals surface area contributed by atoms with Crippen LogP contribution in [0.15, 0.2) is 17.3 Å². The minimum absolute atomic E-state index is 0.234. The SMILES string of the molecule is CN(C)CCCN(CCCN(C)C)S(=O)(=O)c1cn[nH]c1. The maximum Gasteiger partial charge on any atom is 0.246 e. The Labute approximate surface area is 128 Å². The van der Waals surface area contributed by atoms with E-state index < -0.39 is 10.0 Å². The zero-order chi connectivity index (χ0) is 15.9. The molecule has 21 heavy (non-hydrogen) atoms. The molecule has 0 aromatic carbocycles. The molecule has 7 nitrogen and oxygen atoms in total. The van der Waals surface area contributed by atoms with Crippen molar-refractivity contribution >= 4 is 10.0 Å². The van der Waals surface area contributed by atoms with Gasteiger partial charge in [-0.05, 0) is 54.1 Å². The molecule has 0 amide bonds. The van der Waals surface area contributed by atoms with E-state index in [-0.39, 0.29) is 4.90 Å². The molecule has 0 aliphatic heterocycles. The monoisotopic (exact) mass is 317 g/mol. The molecule has 0 radical (unpaired) electrons. The molecular weight excluding hydrogens is 290 g/mol. The second-order valence-corrected chi connectivity index (χ2v) is 7.59. The lowest BCUT2D eigenvalue weighted by molar-refractivity contribution is 0.326. The van der Waals surface area contributed by atoms with Crippen molar-refractivity contribution < 1.29 is 8.42 Å². The average molecular weight is 317 g/mol. The molecule has 0 aliphatic carbocycles. The van der Waals surface area contributed by atoms with Crippen LogP contribution in [-0.4, -0.2) is 87.1 Å². The summed E-state index contributed by atoms with van der Waals surface area (Å²) in [6, 6.07) is 0. The van der Waals surface area contributed by atoms with Crippen LogP contribution in [0.25, 0.3) is 0 Å². The third-order valence-corrected chi connectivity index (χ3v) is 5.00. The molecule has 1 aromatic rings. The number of nitrogens with zero attached hydrogens (tertiary/aromatic N) is 4. The highest BCUT2D eigenvalue weighted by atomic mass is 32.2. The molecule has 0 unspecified atom stereocenters. The van der Waals surface area contributed by atoms with Gasteiger partial charge in [0.05, 0.1) is 6.20 Å². The molecule has 0 aliphatic rings. The number of hydrogen-bond donors (Lipinski definition) is 1. The fraction of sp³-hybridized carbons (Fsp3) is 0.769. The van der Waals surface area contributed by atoms with Gasteiger partial charge in [0.25, 0.3) is 0 Å². The molecule has 0 saturated carbocycles. The fourth-order valence-electron chi connectivity index (χ4n) is 2.01. The van der Waals surface area contributed by atoms with E-state index in [9.17, 15) is 8.42 Å². The second-order valence-electron chi connectivity index (χ2n) is 5.65. The first-order chi connectivity index (χ1) is 9.84. The first-order valence-electron chi connectivity index (χ1n) is 7.12. The Morgan fingerprint density at radius 3 is 1.90 bits per heavy atom. The third-order valence-electron chi connectivity index (χ3n) is 3.14. The van der Waals surface area contributed by atoms with Crippen LogP contribution < -0.4 is 0 Å². The molecule has 0 atom stereocenters. The molecule has 8 heteroatoms. The summed E-state index contributed by atoms with van der Waals surface area (Å²) >= 11 is 0. The van der Waals surface area contributed by atoms with Gasteiger partial charge in [0, 0.05) is 19.3 Å². The van der Waals surface area contributed by atoms with Gasteiger partial charge in [0.15, 0.2) is 0 Å². The van der Waals surface area contributed by atoms with E-state index >= 15 is 0 Å². The fourth-order valence-corrected chi connectivity index (χ4v) is 3.43. The zero-order valence-electron chi connectivity index (χ0n) is 13.4. The summed E-state index contributed by atoms with van der Waals surface area (Å²) in [7, 11) is 4.50. The van der Waals surface area contributed by atoms with Crippen LogP contribution in [0, 0.1) is 0 Å². The van der Waals surface area contributed by atoms with Crippen LogP contribution in [0.4, 0.5) is 0 Å². The smallest absolute Gasteiger partial charge is 0.246 e. The summed E-state index contributed by atoms with van der Waals surface area (Å²) in [4.78, 5) is 4.35. The quantitative estimate of drug-likeness (QED) is 0.672. The van der Waals surface area contributed by atoms with Crippen LogP contribution >= 0.6 is 0 Å². The standard InChI is InChI=1S/C13H27N5O2S/c1-16(2)7-5-9-18(10-6-8-17(3)4)21(19,20)13-11-14-15-12-13/h11-12H,5-10H2,1-4H3,(H,14,15). The van der Waals surface area contributed by atoms with Crippen molar-refractivity contribution in [1.29, 1.82) is 0 Å². The van der Waals surface area contributed by atoms with Crippen molar-refractivity contribution in [3.63, 3.8) is 0 Å². The van der Waals surface area contributed by atoms with Gasteiger partial charge in [-0.15, -0.1) is 0 Å². The van der Waals surface area contributed by atoms with Crippen LogP contribution in [0.2, 0.25) is 0 Å². The minimum Gasteiger partial charge on any atom is -0.309 e. The largest absolute Gasteiger partial charge is 0.309 e. The third kappa shape index (κ3) is 6.13. The first kappa shape index (κ1) is 18.1. The van der Waals surface area contributed by atoms with Gasteiger partial charge < -0.3 is 9.80 Å². The Morgan fingerprint density at radius 2 is 1.52 bits per heavy atom. The summed E-state index contributed by atoms with van der Waals surface area (Å²) in [5, 5.41) is 6.31. The number of sulfonamides is 1. The second kappa shape index (κ2) is 8.47. The van der Waals surface area contributed by atoms with Crippen LogP contribution in [0.5, 0.6) is 0 Å². The van der Waals surface area contributed by atoms with Gasteiger partial charge in [-0.25, -0.2) is 8.42 Å². The van der Waals surface area contributed by atoms with Crippen LogP contribution in [0.1, 0.15) is 12.8 Å². The van der Waals surface area contributed by atoms with Gasteiger partial charge >= 0.3 is 0 Å². The predicted molar refractivity (Wildman–Crippen MR) is 83.7 cm³/mol.